The number of anilines is 1. The highest BCUT2D eigenvalue weighted by Gasteiger charge is 2.35. The van der Waals surface area contributed by atoms with Crippen LogP contribution >= 0.6 is 0 Å². The van der Waals surface area contributed by atoms with E-state index in [0.29, 0.717) is 6.54 Å². The van der Waals surface area contributed by atoms with E-state index in [4.69, 9.17) is 0 Å². The molecule has 0 radical (unpaired) electrons. The number of likely N-dealkylation sites (tertiary alicyclic amines) is 1. The highest BCUT2D eigenvalue weighted by Crippen LogP contribution is 2.34. The van der Waals surface area contributed by atoms with Gasteiger partial charge in [-0.05, 0) is 49.6 Å². The lowest BCUT2D eigenvalue weighted by atomic mass is 10.1. The van der Waals surface area contributed by atoms with Gasteiger partial charge in [-0.1, -0.05) is 25.1 Å². The maximum atomic E-state index is 12.7. The summed E-state index contributed by atoms with van der Waals surface area (Å²) in [5, 5.41) is 3.48. The summed E-state index contributed by atoms with van der Waals surface area (Å²) in [7, 11) is 0. The van der Waals surface area contributed by atoms with Crippen molar-refractivity contribution in [3.05, 3.63) is 65.2 Å². The van der Waals surface area contributed by atoms with Crippen molar-refractivity contribution in [3.8, 4) is 0 Å². The van der Waals surface area contributed by atoms with Crippen LogP contribution in [0, 0.1) is 0 Å². The van der Waals surface area contributed by atoms with Gasteiger partial charge in [-0.15, -0.1) is 0 Å². The first-order valence-electron chi connectivity index (χ1n) is 9.75. The summed E-state index contributed by atoms with van der Waals surface area (Å²) in [6.45, 7) is 4.49. The summed E-state index contributed by atoms with van der Waals surface area (Å²) >= 11 is 0. The summed E-state index contributed by atoms with van der Waals surface area (Å²) in [4.78, 5) is 29.0. The molecule has 2 heterocycles. The fourth-order valence-electron chi connectivity index (χ4n) is 3.97. The van der Waals surface area contributed by atoms with E-state index in [9.17, 15) is 9.59 Å². The highest BCUT2D eigenvalue weighted by molar-refractivity contribution is 5.99. The first-order valence-corrected chi connectivity index (χ1v) is 9.75. The lowest BCUT2D eigenvalue weighted by molar-refractivity contribution is 0.0742. The molecule has 2 aliphatic heterocycles. The van der Waals surface area contributed by atoms with Crippen molar-refractivity contribution in [1.82, 2.24) is 9.80 Å². The average molecular weight is 363 g/mol. The smallest absolute Gasteiger partial charge is 0.256 e. The molecule has 1 N–H and O–H groups in total. The van der Waals surface area contributed by atoms with Gasteiger partial charge in [0.1, 0.15) is 6.17 Å². The molecule has 27 heavy (non-hydrogen) atoms. The molecule has 0 bridgehead atoms. The Morgan fingerprint density at radius 2 is 1.78 bits per heavy atom. The normalized spacial score (nSPS) is 18.7. The lowest BCUT2D eigenvalue weighted by Crippen LogP contribution is -2.33. The van der Waals surface area contributed by atoms with E-state index in [1.54, 1.807) is 0 Å². The first-order chi connectivity index (χ1) is 13.2. The SMILES string of the molecule is CCCN1C(=O)c2ccccc2C1Nc1ccc(C(=O)N2CCCC2)cc1. The van der Waals surface area contributed by atoms with E-state index in [2.05, 4.69) is 12.2 Å². The molecule has 5 heteroatoms. The van der Waals surface area contributed by atoms with Gasteiger partial charge in [0.15, 0.2) is 0 Å². The molecule has 2 aliphatic rings. The molecule has 1 unspecified atom stereocenters. The number of carbonyl (C=O) groups excluding carboxylic acids is 2. The average Bonchev–Trinajstić information content (AvgIpc) is 3.32. The second kappa shape index (κ2) is 7.43. The molecule has 1 atom stereocenters. The topological polar surface area (TPSA) is 52.7 Å². The zero-order valence-electron chi connectivity index (χ0n) is 15.6. The third-order valence-electron chi connectivity index (χ3n) is 5.35. The zero-order chi connectivity index (χ0) is 18.8. The summed E-state index contributed by atoms with van der Waals surface area (Å²) in [6, 6.07) is 15.4. The Morgan fingerprint density at radius 1 is 1.07 bits per heavy atom. The summed E-state index contributed by atoms with van der Waals surface area (Å²) < 4.78 is 0. The molecular formula is C22H25N3O2. The minimum Gasteiger partial charge on any atom is -0.361 e. The minimum absolute atomic E-state index is 0.0748. The third kappa shape index (κ3) is 3.29. The van der Waals surface area contributed by atoms with E-state index in [1.807, 2.05) is 58.3 Å². The van der Waals surface area contributed by atoms with Crippen molar-refractivity contribution in [2.45, 2.75) is 32.4 Å². The van der Waals surface area contributed by atoms with Gasteiger partial charge in [-0.25, -0.2) is 0 Å². The molecule has 1 saturated heterocycles. The predicted molar refractivity (Wildman–Crippen MR) is 106 cm³/mol. The predicted octanol–water partition coefficient (Wildman–Crippen LogP) is 3.90. The molecule has 2 aromatic rings. The molecule has 5 nitrogen and oxygen atoms in total. The van der Waals surface area contributed by atoms with Crippen molar-refractivity contribution in [3.63, 3.8) is 0 Å². The number of nitrogens with one attached hydrogen (secondary N) is 1. The molecule has 0 saturated carbocycles. The van der Waals surface area contributed by atoms with Crippen LogP contribution in [-0.2, 0) is 0 Å². The zero-order valence-corrected chi connectivity index (χ0v) is 15.6. The van der Waals surface area contributed by atoms with Crippen LogP contribution in [0.15, 0.2) is 48.5 Å². The van der Waals surface area contributed by atoms with E-state index >= 15 is 0 Å². The molecule has 4 rings (SSSR count). The van der Waals surface area contributed by atoms with Crippen molar-refractivity contribution in [2.24, 2.45) is 0 Å². The van der Waals surface area contributed by atoms with Crippen LogP contribution in [0.25, 0.3) is 0 Å². The van der Waals surface area contributed by atoms with Gasteiger partial charge in [-0.3, -0.25) is 9.59 Å². The van der Waals surface area contributed by atoms with Crippen molar-refractivity contribution in [2.75, 3.05) is 25.0 Å². The third-order valence-corrected chi connectivity index (χ3v) is 5.35. The lowest BCUT2D eigenvalue weighted by Gasteiger charge is -2.27. The molecule has 2 aromatic carbocycles. The van der Waals surface area contributed by atoms with Crippen LogP contribution in [0.2, 0.25) is 0 Å². The van der Waals surface area contributed by atoms with Gasteiger partial charge in [0.25, 0.3) is 11.8 Å². The molecule has 0 spiro atoms. The highest BCUT2D eigenvalue weighted by atomic mass is 16.2. The second-order valence-corrected chi connectivity index (χ2v) is 7.21. The van der Waals surface area contributed by atoms with Gasteiger partial charge < -0.3 is 15.1 Å². The monoisotopic (exact) mass is 363 g/mol. The van der Waals surface area contributed by atoms with Gasteiger partial charge in [0.2, 0.25) is 0 Å². The van der Waals surface area contributed by atoms with Gasteiger partial charge in [-0.2, -0.15) is 0 Å². The Hall–Kier alpha value is -2.82. The number of hydrogen-bond donors (Lipinski definition) is 1. The Bertz CT molecular complexity index is 841. The number of amides is 2. The van der Waals surface area contributed by atoms with Gasteiger partial charge in [0.05, 0.1) is 0 Å². The Kier molecular flexibility index (Phi) is 4.84. The summed E-state index contributed by atoms with van der Waals surface area (Å²) in [5.41, 5.74) is 3.40. The quantitative estimate of drug-likeness (QED) is 0.877. The number of hydrogen-bond acceptors (Lipinski definition) is 3. The standard InChI is InChI=1S/C22H25N3O2/c1-2-13-25-20(18-7-3-4-8-19(18)22(25)27)23-17-11-9-16(10-12-17)21(26)24-14-5-6-15-24/h3-4,7-12,20,23H,2,5-6,13-15H2,1H3. The van der Waals surface area contributed by atoms with Crippen molar-refractivity contribution >= 4 is 17.5 Å². The fraction of sp³-hybridized carbons (Fsp3) is 0.364. The van der Waals surface area contributed by atoms with Gasteiger partial charge >= 0.3 is 0 Å². The number of carbonyl (C=O) groups is 2. The fourth-order valence-corrected chi connectivity index (χ4v) is 3.97. The van der Waals surface area contributed by atoms with E-state index in [-0.39, 0.29) is 18.0 Å². The molecule has 2 amide bonds. The van der Waals surface area contributed by atoms with Crippen LogP contribution in [-0.4, -0.2) is 41.2 Å². The molecule has 1 fully saturated rings. The number of rotatable bonds is 5. The van der Waals surface area contributed by atoms with E-state index < -0.39 is 0 Å². The molecule has 140 valence electrons. The van der Waals surface area contributed by atoms with Crippen molar-refractivity contribution < 1.29 is 9.59 Å². The number of benzene rings is 2. The van der Waals surface area contributed by atoms with Gasteiger partial charge in [0, 0.05) is 42.0 Å². The van der Waals surface area contributed by atoms with Crippen LogP contribution in [0.3, 0.4) is 0 Å². The molecule has 0 aromatic heterocycles. The Morgan fingerprint density at radius 3 is 2.48 bits per heavy atom. The summed E-state index contributed by atoms with van der Waals surface area (Å²) in [5.74, 6) is 0.179. The Balaban J connectivity index is 1.54. The van der Waals surface area contributed by atoms with Crippen LogP contribution < -0.4 is 5.32 Å². The molecular weight excluding hydrogens is 338 g/mol. The largest absolute Gasteiger partial charge is 0.361 e. The Labute approximate surface area is 160 Å². The summed E-state index contributed by atoms with van der Waals surface area (Å²) in [6.07, 6.45) is 2.91. The van der Waals surface area contributed by atoms with Crippen LogP contribution in [0.5, 0.6) is 0 Å². The molecule has 0 aliphatic carbocycles. The van der Waals surface area contributed by atoms with Crippen LogP contribution in [0.4, 0.5) is 5.69 Å². The first kappa shape index (κ1) is 17.6. The van der Waals surface area contributed by atoms with E-state index in [0.717, 1.165) is 54.7 Å². The number of nitrogens with zero attached hydrogens (tertiary/aromatic N) is 2. The number of fused-ring (bicyclic) bond motifs is 1. The second-order valence-electron chi connectivity index (χ2n) is 7.21. The minimum atomic E-state index is -0.172. The van der Waals surface area contributed by atoms with Crippen LogP contribution in [0.1, 0.15) is 58.6 Å². The maximum Gasteiger partial charge on any atom is 0.256 e. The van der Waals surface area contributed by atoms with Crippen molar-refractivity contribution in [1.29, 1.82) is 0 Å². The maximum absolute atomic E-state index is 12.7. The van der Waals surface area contributed by atoms with E-state index in [1.165, 1.54) is 0 Å².